The first-order valence-corrected chi connectivity index (χ1v) is 7.32. The third-order valence-corrected chi connectivity index (χ3v) is 5.20. The molecule has 1 aliphatic heterocycles. The zero-order chi connectivity index (χ0) is 13.3. The number of sulfonamides is 1. The Bertz CT molecular complexity index is 529. The van der Waals surface area contributed by atoms with Crippen molar-refractivity contribution in [3.05, 3.63) is 24.3 Å². The zero-order valence-electron chi connectivity index (χ0n) is 10.2. The van der Waals surface area contributed by atoms with Crippen molar-refractivity contribution in [2.45, 2.75) is 24.3 Å². The van der Waals surface area contributed by atoms with E-state index in [9.17, 15) is 18.6 Å². The van der Waals surface area contributed by atoms with E-state index in [0.29, 0.717) is 13.0 Å². The predicted octanol–water partition coefficient (Wildman–Crippen LogP) is 0.784. The van der Waals surface area contributed by atoms with Crippen LogP contribution in [-0.2, 0) is 10.0 Å². The van der Waals surface area contributed by atoms with Crippen molar-refractivity contribution in [3.8, 4) is 5.75 Å². The first-order valence-electron chi connectivity index (χ1n) is 5.88. The molecule has 1 aliphatic rings. The molecule has 1 aromatic rings. The smallest absolute Gasteiger partial charge is 0.243 e. The number of phenolic OH excluding ortho intramolecular Hbond substituents is 1. The van der Waals surface area contributed by atoms with E-state index in [4.69, 9.17) is 0 Å². The topological polar surface area (TPSA) is 77.8 Å². The second-order valence-electron chi connectivity index (χ2n) is 4.69. The van der Waals surface area contributed by atoms with Crippen LogP contribution in [0, 0.1) is 5.92 Å². The van der Waals surface area contributed by atoms with Crippen molar-refractivity contribution >= 4 is 10.0 Å². The van der Waals surface area contributed by atoms with Crippen LogP contribution in [0.3, 0.4) is 0 Å². The molecular weight excluding hydrogens is 254 g/mol. The summed E-state index contributed by atoms with van der Waals surface area (Å²) in [7, 11) is -3.63. The normalized spacial score (nSPS) is 26.1. The molecule has 100 valence electrons. The molecule has 1 fully saturated rings. The van der Waals surface area contributed by atoms with Gasteiger partial charge < -0.3 is 10.2 Å². The molecule has 1 saturated heterocycles. The molecule has 2 rings (SSSR count). The van der Waals surface area contributed by atoms with Gasteiger partial charge in [-0.25, -0.2) is 8.42 Å². The number of nitrogens with zero attached hydrogens (tertiary/aromatic N) is 1. The number of aliphatic hydroxyl groups excluding tert-OH is 1. The molecule has 0 aromatic heterocycles. The van der Waals surface area contributed by atoms with Crippen LogP contribution in [0.15, 0.2) is 29.2 Å². The van der Waals surface area contributed by atoms with Gasteiger partial charge in [0, 0.05) is 13.1 Å². The van der Waals surface area contributed by atoms with Crippen LogP contribution in [0.25, 0.3) is 0 Å². The van der Waals surface area contributed by atoms with Gasteiger partial charge >= 0.3 is 0 Å². The quantitative estimate of drug-likeness (QED) is 0.833. The Kier molecular flexibility index (Phi) is 3.61. The van der Waals surface area contributed by atoms with Crippen LogP contribution in [0.1, 0.15) is 13.3 Å². The van der Waals surface area contributed by atoms with Gasteiger partial charge in [-0.05, 0) is 30.5 Å². The maximum atomic E-state index is 12.3. The van der Waals surface area contributed by atoms with E-state index < -0.39 is 16.1 Å². The lowest BCUT2D eigenvalue weighted by Crippen LogP contribution is -2.45. The zero-order valence-corrected chi connectivity index (χ0v) is 11.0. The highest BCUT2D eigenvalue weighted by Crippen LogP contribution is 2.25. The number of aromatic hydroxyl groups is 1. The highest BCUT2D eigenvalue weighted by Gasteiger charge is 2.32. The van der Waals surface area contributed by atoms with Gasteiger partial charge in [-0.1, -0.05) is 13.0 Å². The number of hydrogen-bond donors (Lipinski definition) is 2. The lowest BCUT2D eigenvalue weighted by atomic mass is 9.98. The molecule has 2 atom stereocenters. The van der Waals surface area contributed by atoms with Crippen molar-refractivity contribution in [2.75, 3.05) is 13.1 Å². The Balaban J connectivity index is 2.27. The van der Waals surface area contributed by atoms with Crippen molar-refractivity contribution in [1.82, 2.24) is 4.31 Å². The largest absolute Gasteiger partial charge is 0.508 e. The molecule has 1 aromatic carbocycles. The average molecular weight is 271 g/mol. The number of piperidine rings is 1. The van der Waals surface area contributed by atoms with Crippen LogP contribution < -0.4 is 0 Å². The first-order chi connectivity index (χ1) is 8.41. The molecule has 18 heavy (non-hydrogen) atoms. The molecule has 1 heterocycles. The summed E-state index contributed by atoms with van der Waals surface area (Å²) in [5, 5.41) is 19.1. The van der Waals surface area contributed by atoms with E-state index in [-0.39, 0.29) is 23.1 Å². The lowest BCUT2D eigenvalue weighted by molar-refractivity contribution is 0.0605. The number of hydrogen-bond acceptors (Lipinski definition) is 4. The fraction of sp³-hybridized carbons (Fsp3) is 0.500. The van der Waals surface area contributed by atoms with E-state index in [1.165, 1.54) is 28.6 Å². The summed E-state index contributed by atoms with van der Waals surface area (Å²) in [5.74, 6) is 0.0302. The van der Waals surface area contributed by atoms with Gasteiger partial charge in [0.2, 0.25) is 10.0 Å². The van der Waals surface area contributed by atoms with Crippen LogP contribution in [-0.4, -0.2) is 42.1 Å². The summed E-state index contributed by atoms with van der Waals surface area (Å²) in [6.07, 6.45) is 0.00462. The molecule has 0 spiro atoms. The molecule has 0 radical (unpaired) electrons. The first kappa shape index (κ1) is 13.3. The van der Waals surface area contributed by atoms with E-state index >= 15 is 0 Å². The van der Waals surface area contributed by atoms with E-state index in [1.54, 1.807) is 0 Å². The van der Waals surface area contributed by atoms with Gasteiger partial charge in [0.25, 0.3) is 0 Å². The van der Waals surface area contributed by atoms with E-state index in [0.717, 1.165) is 0 Å². The standard InChI is InChI=1S/C12H17NO4S/c1-9-5-6-13(8-12(9)15)18(16,17)11-4-2-3-10(14)7-11/h2-4,7,9,12,14-15H,5-6,8H2,1H3. The predicted molar refractivity (Wildman–Crippen MR) is 66.7 cm³/mol. The summed E-state index contributed by atoms with van der Waals surface area (Å²) >= 11 is 0. The summed E-state index contributed by atoms with van der Waals surface area (Å²) in [5.41, 5.74) is 0. The van der Waals surface area contributed by atoms with Crippen molar-refractivity contribution in [2.24, 2.45) is 5.92 Å². The minimum atomic E-state index is -3.63. The summed E-state index contributed by atoms with van der Waals surface area (Å²) in [4.78, 5) is 0.0595. The molecule has 2 unspecified atom stereocenters. The molecule has 0 aliphatic carbocycles. The summed E-state index contributed by atoms with van der Waals surface area (Å²) < 4.78 is 25.9. The van der Waals surface area contributed by atoms with Crippen LogP contribution in [0.5, 0.6) is 5.75 Å². The van der Waals surface area contributed by atoms with Crippen molar-refractivity contribution in [3.63, 3.8) is 0 Å². The van der Waals surface area contributed by atoms with Crippen LogP contribution >= 0.6 is 0 Å². The minimum absolute atomic E-state index is 0.0595. The van der Waals surface area contributed by atoms with Crippen LogP contribution in [0.2, 0.25) is 0 Å². The monoisotopic (exact) mass is 271 g/mol. The molecule has 2 N–H and O–H groups in total. The van der Waals surface area contributed by atoms with Crippen molar-refractivity contribution < 1.29 is 18.6 Å². The van der Waals surface area contributed by atoms with Gasteiger partial charge in [-0.15, -0.1) is 0 Å². The summed E-state index contributed by atoms with van der Waals surface area (Å²) in [6.45, 7) is 2.42. The van der Waals surface area contributed by atoms with Gasteiger partial charge in [-0.3, -0.25) is 0 Å². The Hall–Kier alpha value is -1.11. The Morgan fingerprint density at radius 3 is 2.72 bits per heavy atom. The third-order valence-electron chi connectivity index (χ3n) is 3.34. The van der Waals surface area contributed by atoms with Gasteiger partial charge in [0.05, 0.1) is 11.0 Å². The second-order valence-corrected chi connectivity index (χ2v) is 6.63. The number of benzene rings is 1. The fourth-order valence-electron chi connectivity index (χ4n) is 2.03. The maximum absolute atomic E-state index is 12.3. The van der Waals surface area contributed by atoms with E-state index in [1.807, 2.05) is 6.92 Å². The average Bonchev–Trinajstić information content (AvgIpc) is 2.32. The molecule has 5 nitrogen and oxygen atoms in total. The lowest BCUT2D eigenvalue weighted by Gasteiger charge is -2.33. The van der Waals surface area contributed by atoms with Gasteiger partial charge in [-0.2, -0.15) is 4.31 Å². The highest BCUT2D eigenvalue weighted by molar-refractivity contribution is 7.89. The van der Waals surface area contributed by atoms with E-state index in [2.05, 4.69) is 0 Å². The minimum Gasteiger partial charge on any atom is -0.508 e. The van der Waals surface area contributed by atoms with Gasteiger partial charge in [0.15, 0.2) is 0 Å². The SMILES string of the molecule is CC1CCN(S(=O)(=O)c2cccc(O)c2)CC1O. The number of aliphatic hydroxyl groups is 1. The number of β-amino-alcohol motifs (C(OH)–C–C–N with tert-alkyl or cyclic N) is 1. The number of rotatable bonds is 2. The van der Waals surface area contributed by atoms with Gasteiger partial charge in [0.1, 0.15) is 5.75 Å². The Morgan fingerprint density at radius 2 is 2.11 bits per heavy atom. The maximum Gasteiger partial charge on any atom is 0.243 e. The Labute approximate surface area is 107 Å². The molecule has 6 heteroatoms. The Morgan fingerprint density at radius 1 is 1.39 bits per heavy atom. The number of phenols is 1. The highest BCUT2D eigenvalue weighted by atomic mass is 32.2. The fourth-order valence-corrected chi connectivity index (χ4v) is 3.54. The molecule has 0 amide bonds. The third kappa shape index (κ3) is 2.50. The molecular formula is C12H17NO4S. The van der Waals surface area contributed by atoms with Crippen LogP contribution in [0.4, 0.5) is 0 Å². The second kappa shape index (κ2) is 4.87. The molecule has 0 bridgehead atoms. The summed E-state index contributed by atoms with van der Waals surface area (Å²) in [6, 6.07) is 5.58. The van der Waals surface area contributed by atoms with Crippen molar-refractivity contribution in [1.29, 1.82) is 0 Å². The molecule has 0 saturated carbocycles.